The van der Waals surface area contributed by atoms with Crippen LogP contribution in [0.25, 0.3) is 0 Å². The maximum absolute atomic E-state index is 11.8. The van der Waals surface area contributed by atoms with Crippen LogP contribution in [0.5, 0.6) is 0 Å². The van der Waals surface area contributed by atoms with Crippen LogP contribution in [-0.4, -0.2) is 60.8 Å². The van der Waals surface area contributed by atoms with Gasteiger partial charge in [-0.1, -0.05) is 30.3 Å². The van der Waals surface area contributed by atoms with E-state index in [-0.39, 0.29) is 11.7 Å². The molecule has 2 aromatic carbocycles. The van der Waals surface area contributed by atoms with E-state index >= 15 is 0 Å². The lowest BCUT2D eigenvalue weighted by atomic mass is 10.2. The second-order valence-corrected chi connectivity index (χ2v) is 9.18. The number of morpholine rings is 1. The van der Waals surface area contributed by atoms with Gasteiger partial charge >= 0.3 is 12.1 Å². The number of carbonyl (C=O) groups excluding carboxylic acids is 2. The van der Waals surface area contributed by atoms with Crippen molar-refractivity contribution in [1.82, 2.24) is 14.5 Å². The Balaban J connectivity index is 0.000000532. The molecule has 1 aliphatic rings. The van der Waals surface area contributed by atoms with Crippen LogP contribution in [0.4, 0.5) is 36.3 Å². The number of benzene rings is 2. The number of nitrogens with two attached hydrogens (primary N) is 2. The molecule has 2 amide bonds. The van der Waals surface area contributed by atoms with Crippen LogP contribution in [-0.2, 0) is 16.1 Å². The molecule has 1 aromatic heterocycles. The van der Waals surface area contributed by atoms with Gasteiger partial charge in [-0.25, -0.2) is 4.98 Å². The molecule has 2 atom stereocenters. The number of primary amides is 2. The van der Waals surface area contributed by atoms with Gasteiger partial charge in [0.2, 0.25) is 5.95 Å². The quantitative estimate of drug-likeness (QED) is 0.333. The van der Waals surface area contributed by atoms with Crippen LogP contribution in [0.2, 0.25) is 0 Å². The Morgan fingerprint density at radius 1 is 1.10 bits per heavy atom. The summed E-state index contributed by atoms with van der Waals surface area (Å²) < 4.78 is 38.7. The van der Waals surface area contributed by atoms with E-state index in [0.29, 0.717) is 18.3 Å². The van der Waals surface area contributed by atoms with Crippen molar-refractivity contribution in [3.8, 4) is 0 Å². The van der Waals surface area contributed by atoms with Crippen LogP contribution >= 0.6 is 0 Å². The maximum Gasteiger partial charge on any atom is 0.470 e. The fourth-order valence-corrected chi connectivity index (χ4v) is 3.97. The van der Waals surface area contributed by atoms with Gasteiger partial charge in [-0.3, -0.25) is 14.1 Å². The van der Waals surface area contributed by atoms with E-state index in [1.54, 1.807) is 0 Å². The zero-order valence-corrected chi connectivity index (χ0v) is 21.5. The zero-order chi connectivity index (χ0) is 28.6. The Labute approximate surface area is 223 Å². The molecule has 10 nitrogen and oxygen atoms in total. The van der Waals surface area contributed by atoms with Gasteiger partial charge in [0.05, 0.1) is 19.2 Å². The number of aromatic nitrogens is 2. The first-order valence-corrected chi connectivity index (χ1v) is 12.0. The monoisotopic (exact) mass is 546 g/mol. The van der Waals surface area contributed by atoms with Gasteiger partial charge in [0.25, 0.3) is 5.91 Å². The molecule has 3 aromatic rings. The van der Waals surface area contributed by atoms with Crippen molar-refractivity contribution in [3.05, 3.63) is 71.9 Å². The standard InChI is InChI=1S/C24H28N6O2.C2H2F3NO/c1-17-16-30(2,12-13-32-17)20-10-8-19(9-11-20)28-24-27-15-21(22(25)31)23(29-24)26-14-18-6-4-3-5-7-18;3-2(4,5)1(6)7/h3-11,15,17H,12-14,16H2,1-2H3,(H3-,25,26,27,28,29,31);(H2,6,7)/p+1. The predicted octanol–water partition coefficient (Wildman–Crippen LogP) is 3.32. The Morgan fingerprint density at radius 2 is 1.74 bits per heavy atom. The van der Waals surface area contributed by atoms with Crippen molar-refractivity contribution in [2.75, 3.05) is 37.4 Å². The van der Waals surface area contributed by atoms with Gasteiger partial charge in [-0.15, -0.1) is 0 Å². The molecule has 0 bridgehead atoms. The maximum atomic E-state index is 11.8. The molecule has 39 heavy (non-hydrogen) atoms. The van der Waals surface area contributed by atoms with Crippen LogP contribution < -0.4 is 26.6 Å². The molecule has 0 saturated carbocycles. The van der Waals surface area contributed by atoms with Gasteiger partial charge in [0.15, 0.2) is 0 Å². The van der Waals surface area contributed by atoms with Crippen molar-refractivity contribution < 1.29 is 27.5 Å². The zero-order valence-electron chi connectivity index (χ0n) is 21.5. The summed E-state index contributed by atoms with van der Waals surface area (Å²) >= 11 is 0. The number of anilines is 3. The number of carbonyl (C=O) groups is 2. The Hall–Kier alpha value is -4.23. The van der Waals surface area contributed by atoms with Crippen molar-refractivity contribution in [1.29, 1.82) is 0 Å². The topological polar surface area (TPSA) is 145 Å². The molecule has 0 spiro atoms. The Bertz CT molecular complexity index is 1270. The molecule has 6 N–H and O–H groups in total. The van der Waals surface area contributed by atoms with Gasteiger partial charge in [-0.05, 0) is 24.6 Å². The highest BCUT2D eigenvalue weighted by atomic mass is 19.4. The summed E-state index contributed by atoms with van der Waals surface area (Å²) in [6, 6.07) is 18.1. The number of hydrogen-bond donors (Lipinski definition) is 4. The number of halogens is 3. The molecule has 208 valence electrons. The van der Waals surface area contributed by atoms with Gasteiger partial charge < -0.3 is 26.8 Å². The minimum Gasteiger partial charge on any atom is -0.367 e. The molecule has 0 aliphatic carbocycles. The average molecular weight is 547 g/mol. The Kier molecular flexibility index (Phi) is 9.43. The number of nitrogens with zero attached hydrogens (tertiary/aromatic N) is 3. The molecule has 1 fully saturated rings. The Morgan fingerprint density at radius 3 is 2.31 bits per heavy atom. The number of quaternary nitrogens is 1. The van der Waals surface area contributed by atoms with E-state index in [1.807, 2.05) is 42.5 Å². The molecule has 1 saturated heterocycles. The lowest BCUT2D eigenvalue weighted by molar-refractivity contribution is -0.169. The van der Waals surface area contributed by atoms with E-state index in [2.05, 4.69) is 52.4 Å². The minimum absolute atomic E-state index is 0.241. The third-order valence-electron chi connectivity index (χ3n) is 6.03. The second-order valence-electron chi connectivity index (χ2n) is 9.18. The number of alkyl halides is 3. The van der Waals surface area contributed by atoms with E-state index in [4.69, 9.17) is 15.3 Å². The number of hydrogen-bond acceptors (Lipinski definition) is 7. The summed E-state index contributed by atoms with van der Waals surface area (Å²) in [6.07, 6.45) is -3.17. The summed E-state index contributed by atoms with van der Waals surface area (Å²) in [5, 5.41) is 6.41. The molecule has 2 heterocycles. The molecule has 13 heteroatoms. The molecule has 0 radical (unpaired) electrons. The third kappa shape index (κ3) is 8.38. The van der Waals surface area contributed by atoms with Gasteiger partial charge in [-0.2, -0.15) is 18.2 Å². The SMILES string of the molecule is CC1C[N+](C)(c2ccc(Nc3ncc(C(N)=O)c(NCc4ccccc4)n3)cc2)CCO1.NC(=O)C(F)(F)F. The summed E-state index contributed by atoms with van der Waals surface area (Å²) in [6.45, 7) is 5.29. The first kappa shape index (κ1) is 29.3. The largest absolute Gasteiger partial charge is 0.470 e. The number of ether oxygens (including phenoxy) is 1. The second kappa shape index (κ2) is 12.5. The number of likely N-dealkylation sites (N-methyl/N-ethyl adjacent to an activating group) is 1. The summed E-state index contributed by atoms with van der Waals surface area (Å²) in [5.74, 6) is -2.05. The lowest BCUT2D eigenvalue weighted by Gasteiger charge is -2.39. The van der Waals surface area contributed by atoms with Crippen molar-refractivity contribution in [3.63, 3.8) is 0 Å². The van der Waals surface area contributed by atoms with Crippen LogP contribution in [0.3, 0.4) is 0 Å². The van der Waals surface area contributed by atoms with Crippen molar-refractivity contribution in [2.45, 2.75) is 25.7 Å². The average Bonchev–Trinajstić information content (AvgIpc) is 2.88. The number of amides is 2. The van der Waals surface area contributed by atoms with Crippen LogP contribution in [0.1, 0.15) is 22.8 Å². The molecule has 1 aliphatic heterocycles. The van der Waals surface area contributed by atoms with Crippen molar-refractivity contribution in [2.24, 2.45) is 11.5 Å². The van der Waals surface area contributed by atoms with Crippen LogP contribution in [0, 0.1) is 0 Å². The summed E-state index contributed by atoms with van der Waals surface area (Å²) in [4.78, 5) is 29.7. The molecular weight excluding hydrogens is 515 g/mol. The smallest absolute Gasteiger partial charge is 0.367 e. The molecular formula is C26H31F3N7O3+. The summed E-state index contributed by atoms with van der Waals surface area (Å²) in [7, 11) is 2.23. The molecule has 4 rings (SSSR count). The lowest BCUT2D eigenvalue weighted by Crippen LogP contribution is -2.55. The first-order valence-electron chi connectivity index (χ1n) is 12.0. The van der Waals surface area contributed by atoms with E-state index in [9.17, 15) is 18.0 Å². The minimum atomic E-state index is -4.86. The number of rotatable bonds is 7. The summed E-state index contributed by atoms with van der Waals surface area (Å²) in [5.41, 5.74) is 12.7. The van der Waals surface area contributed by atoms with E-state index in [0.717, 1.165) is 35.4 Å². The normalized spacial score (nSPS) is 18.8. The van der Waals surface area contributed by atoms with E-state index in [1.165, 1.54) is 11.9 Å². The predicted molar refractivity (Wildman–Crippen MR) is 142 cm³/mol. The fourth-order valence-electron chi connectivity index (χ4n) is 3.97. The van der Waals surface area contributed by atoms with Crippen molar-refractivity contribution >= 4 is 35.0 Å². The third-order valence-corrected chi connectivity index (χ3v) is 6.03. The van der Waals surface area contributed by atoms with Gasteiger partial charge in [0.1, 0.15) is 30.7 Å². The highest BCUT2D eigenvalue weighted by molar-refractivity contribution is 5.97. The first-order chi connectivity index (χ1) is 18.4. The highest BCUT2D eigenvalue weighted by Crippen LogP contribution is 2.27. The van der Waals surface area contributed by atoms with Gasteiger partial charge in [0, 0.05) is 30.6 Å². The van der Waals surface area contributed by atoms with E-state index < -0.39 is 18.0 Å². The molecule has 2 unspecified atom stereocenters. The highest BCUT2D eigenvalue weighted by Gasteiger charge is 2.35. The fraction of sp³-hybridized carbons (Fsp3) is 0.308. The number of nitrogens with one attached hydrogen (secondary N) is 2. The van der Waals surface area contributed by atoms with Crippen LogP contribution in [0.15, 0.2) is 60.8 Å².